The van der Waals surface area contributed by atoms with E-state index in [1.807, 2.05) is 18.2 Å². The first kappa shape index (κ1) is 20.4. The van der Waals surface area contributed by atoms with Gasteiger partial charge in [0.1, 0.15) is 10.4 Å². The van der Waals surface area contributed by atoms with Gasteiger partial charge in [-0.3, -0.25) is 9.59 Å². The van der Waals surface area contributed by atoms with Crippen LogP contribution in [0.3, 0.4) is 0 Å². The van der Waals surface area contributed by atoms with E-state index in [9.17, 15) is 14.7 Å². The Hall–Kier alpha value is -2.91. The number of carbonyl (C=O) groups is 2. The standard InChI is InChI=1S/C21H21BrN4O4/c1-30-15-12-24-19(22)17-16(15)14(11-23-17)18(27)21(29)26-9-7-25(8-10-26)20(28)13-5-3-2-4-6-13/h2-6,11-12,18,23,27H,7-10H2,1H3. The van der Waals surface area contributed by atoms with Crippen LogP contribution in [0.5, 0.6) is 5.75 Å². The fraction of sp³-hybridized carbons (Fsp3) is 0.286. The second-order valence-corrected chi connectivity index (χ2v) is 7.75. The maximum absolute atomic E-state index is 13.0. The third-order valence-electron chi connectivity index (χ3n) is 5.31. The lowest BCUT2D eigenvalue weighted by atomic mass is 10.1. The van der Waals surface area contributed by atoms with Gasteiger partial charge in [0.2, 0.25) is 0 Å². The molecule has 2 amide bonds. The van der Waals surface area contributed by atoms with Gasteiger partial charge < -0.3 is 24.6 Å². The molecule has 0 bridgehead atoms. The molecule has 1 atom stereocenters. The molecule has 0 saturated carbocycles. The van der Waals surface area contributed by atoms with Crippen molar-refractivity contribution in [1.82, 2.24) is 19.8 Å². The second-order valence-electron chi connectivity index (χ2n) is 7.00. The van der Waals surface area contributed by atoms with Crippen molar-refractivity contribution < 1.29 is 19.4 Å². The number of methoxy groups -OCH3 is 1. The van der Waals surface area contributed by atoms with Crippen LogP contribution in [-0.4, -0.2) is 70.0 Å². The number of amides is 2. The molecule has 0 radical (unpaired) electrons. The summed E-state index contributed by atoms with van der Waals surface area (Å²) in [5.41, 5.74) is 1.70. The number of rotatable bonds is 4. The first-order chi connectivity index (χ1) is 14.5. The first-order valence-electron chi connectivity index (χ1n) is 9.52. The predicted molar refractivity (Wildman–Crippen MR) is 114 cm³/mol. The number of piperazine rings is 1. The number of fused-ring (bicyclic) bond motifs is 1. The number of nitrogens with one attached hydrogen (secondary N) is 1. The average molecular weight is 473 g/mol. The first-order valence-corrected chi connectivity index (χ1v) is 10.3. The smallest absolute Gasteiger partial charge is 0.256 e. The number of pyridine rings is 1. The maximum atomic E-state index is 13.0. The van der Waals surface area contributed by atoms with Gasteiger partial charge in [-0.1, -0.05) is 18.2 Å². The van der Waals surface area contributed by atoms with Crippen molar-refractivity contribution in [3.05, 3.63) is 58.5 Å². The van der Waals surface area contributed by atoms with E-state index in [2.05, 4.69) is 25.9 Å². The number of nitrogens with zero attached hydrogens (tertiary/aromatic N) is 3. The van der Waals surface area contributed by atoms with Gasteiger partial charge in [-0.15, -0.1) is 0 Å². The zero-order valence-electron chi connectivity index (χ0n) is 16.3. The lowest BCUT2D eigenvalue weighted by Gasteiger charge is -2.35. The van der Waals surface area contributed by atoms with Crippen LogP contribution in [0.2, 0.25) is 0 Å². The van der Waals surface area contributed by atoms with Crippen molar-refractivity contribution in [1.29, 1.82) is 0 Å². The van der Waals surface area contributed by atoms with Crippen LogP contribution in [-0.2, 0) is 4.79 Å². The summed E-state index contributed by atoms with van der Waals surface area (Å²) in [5, 5.41) is 11.4. The Balaban J connectivity index is 1.48. The summed E-state index contributed by atoms with van der Waals surface area (Å²) in [6.45, 7) is 1.55. The number of carbonyl (C=O) groups excluding carboxylic acids is 2. The normalized spacial score (nSPS) is 15.3. The number of aliphatic hydroxyl groups excluding tert-OH is 1. The highest BCUT2D eigenvalue weighted by molar-refractivity contribution is 9.10. The number of aromatic amines is 1. The monoisotopic (exact) mass is 472 g/mol. The van der Waals surface area contributed by atoms with Crippen molar-refractivity contribution in [2.45, 2.75) is 6.10 Å². The highest BCUT2D eigenvalue weighted by Gasteiger charge is 2.31. The molecule has 8 nitrogen and oxygen atoms in total. The molecule has 1 aliphatic rings. The number of hydrogen-bond donors (Lipinski definition) is 2. The van der Waals surface area contributed by atoms with Gasteiger partial charge in [0.15, 0.2) is 6.10 Å². The van der Waals surface area contributed by atoms with E-state index in [4.69, 9.17) is 4.74 Å². The number of ether oxygens (including phenoxy) is 1. The Kier molecular flexibility index (Phi) is 5.74. The summed E-state index contributed by atoms with van der Waals surface area (Å²) in [6, 6.07) is 9.07. The number of benzene rings is 1. The van der Waals surface area contributed by atoms with Crippen LogP contribution in [0.4, 0.5) is 0 Å². The van der Waals surface area contributed by atoms with Crippen LogP contribution in [0, 0.1) is 0 Å². The molecule has 2 aromatic heterocycles. The molecule has 1 aliphatic heterocycles. The summed E-state index contributed by atoms with van der Waals surface area (Å²) >= 11 is 3.36. The average Bonchev–Trinajstić information content (AvgIpc) is 3.25. The molecule has 9 heteroatoms. The Labute approximate surface area is 181 Å². The van der Waals surface area contributed by atoms with E-state index in [1.54, 1.807) is 28.1 Å². The molecule has 1 aromatic carbocycles. The second kappa shape index (κ2) is 8.45. The van der Waals surface area contributed by atoms with Gasteiger partial charge in [0.25, 0.3) is 11.8 Å². The third-order valence-corrected chi connectivity index (χ3v) is 5.91. The number of H-pyrrole nitrogens is 1. The van der Waals surface area contributed by atoms with Crippen LogP contribution in [0.25, 0.3) is 10.9 Å². The van der Waals surface area contributed by atoms with Gasteiger partial charge in [-0.05, 0) is 28.1 Å². The van der Waals surface area contributed by atoms with Crippen LogP contribution < -0.4 is 4.74 Å². The summed E-state index contributed by atoms with van der Waals surface area (Å²) in [6.07, 6.45) is 1.78. The van der Waals surface area contributed by atoms with E-state index >= 15 is 0 Å². The van der Waals surface area contributed by atoms with Gasteiger partial charge in [0, 0.05) is 43.5 Å². The fourth-order valence-electron chi connectivity index (χ4n) is 3.68. The summed E-state index contributed by atoms with van der Waals surface area (Å²) in [7, 11) is 1.51. The third kappa shape index (κ3) is 3.66. The highest BCUT2D eigenvalue weighted by atomic mass is 79.9. The fourth-order valence-corrected chi connectivity index (χ4v) is 4.10. The van der Waals surface area contributed by atoms with Gasteiger partial charge in [-0.25, -0.2) is 4.98 Å². The molecular weight excluding hydrogens is 452 g/mol. The van der Waals surface area contributed by atoms with Crippen molar-refractivity contribution in [2.24, 2.45) is 0 Å². The molecule has 1 unspecified atom stereocenters. The minimum atomic E-state index is -1.35. The van der Waals surface area contributed by atoms with E-state index in [1.165, 1.54) is 13.3 Å². The zero-order chi connectivity index (χ0) is 21.3. The SMILES string of the molecule is COc1cnc(Br)c2[nH]cc(C(O)C(=O)N3CCN(C(=O)c4ccccc4)CC3)c12. The Bertz CT molecular complexity index is 1080. The predicted octanol–water partition coefficient (Wildman–Crippen LogP) is 2.35. The molecule has 1 saturated heterocycles. The molecule has 0 aliphatic carbocycles. The Morgan fingerprint density at radius 2 is 1.83 bits per heavy atom. The Morgan fingerprint density at radius 3 is 2.50 bits per heavy atom. The summed E-state index contributed by atoms with van der Waals surface area (Å²) in [4.78, 5) is 36.1. The molecule has 0 spiro atoms. The summed E-state index contributed by atoms with van der Waals surface area (Å²) < 4.78 is 5.92. The molecule has 3 heterocycles. The van der Waals surface area contributed by atoms with Crippen LogP contribution in [0.1, 0.15) is 22.0 Å². The van der Waals surface area contributed by atoms with Crippen LogP contribution >= 0.6 is 15.9 Å². The van der Waals surface area contributed by atoms with E-state index in [0.29, 0.717) is 58.6 Å². The van der Waals surface area contributed by atoms with Crippen molar-refractivity contribution in [2.75, 3.05) is 33.3 Å². The van der Waals surface area contributed by atoms with Crippen LogP contribution in [0.15, 0.2) is 47.3 Å². The molecule has 4 rings (SSSR count). The minimum absolute atomic E-state index is 0.0537. The maximum Gasteiger partial charge on any atom is 0.256 e. The lowest BCUT2D eigenvalue weighted by Crippen LogP contribution is -2.51. The van der Waals surface area contributed by atoms with E-state index in [-0.39, 0.29) is 5.91 Å². The number of aliphatic hydroxyl groups is 1. The van der Waals surface area contributed by atoms with Crippen molar-refractivity contribution in [3.63, 3.8) is 0 Å². The molecule has 3 aromatic rings. The topological polar surface area (TPSA) is 98.8 Å². The molecule has 1 fully saturated rings. The highest BCUT2D eigenvalue weighted by Crippen LogP contribution is 2.35. The van der Waals surface area contributed by atoms with Crippen molar-refractivity contribution >= 4 is 38.6 Å². The molecule has 156 valence electrons. The van der Waals surface area contributed by atoms with E-state index < -0.39 is 12.0 Å². The number of halogens is 1. The van der Waals surface area contributed by atoms with E-state index in [0.717, 1.165) is 0 Å². The molecule has 30 heavy (non-hydrogen) atoms. The Morgan fingerprint density at radius 1 is 1.17 bits per heavy atom. The van der Waals surface area contributed by atoms with Gasteiger partial charge >= 0.3 is 0 Å². The number of hydrogen-bond acceptors (Lipinski definition) is 5. The van der Waals surface area contributed by atoms with Crippen molar-refractivity contribution in [3.8, 4) is 5.75 Å². The summed E-state index contributed by atoms with van der Waals surface area (Å²) in [5.74, 6) is 0.00855. The van der Waals surface area contributed by atoms with Gasteiger partial charge in [-0.2, -0.15) is 0 Å². The lowest BCUT2D eigenvalue weighted by molar-refractivity contribution is -0.142. The molecular formula is C21H21BrN4O4. The number of aromatic nitrogens is 2. The molecule has 2 N–H and O–H groups in total. The largest absolute Gasteiger partial charge is 0.494 e. The minimum Gasteiger partial charge on any atom is -0.494 e. The van der Waals surface area contributed by atoms with Gasteiger partial charge in [0.05, 0.1) is 24.2 Å². The zero-order valence-corrected chi connectivity index (χ0v) is 17.9. The quantitative estimate of drug-likeness (QED) is 0.567.